The van der Waals surface area contributed by atoms with E-state index < -0.39 is 0 Å². The van der Waals surface area contributed by atoms with Crippen molar-refractivity contribution in [2.75, 3.05) is 0 Å². The molecule has 2 spiro atoms. The Kier molecular flexibility index (Phi) is 6.00. The first kappa shape index (κ1) is 32.3. The van der Waals surface area contributed by atoms with E-state index in [0.29, 0.717) is 11.8 Å². The van der Waals surface area contributed by atoms with Crippen molar-refractivity contribution in [1.29, 1.82) is 0 Å². The lowest BCUT2D eigenvalue weighted by Gasteiger charge is -2.27. The number of rotatable bonds is 2. The van der Waals surface area contributed by atoms with E-state index >= 15 is 0 Å². The lowest BCUT2D eigenvalue weighted by molar-refractivity contribution is 0.826. The predicted molar refractivity (Wildman–Crippen MR) is 251 cm³/mol. The van der Waals surface area contributed by atoms with E-state index in [9.17, 15) is 0 Å². The van der Waals surface area contributed by atoms with Crippen LogP contribution in [0.25, 0.3) is 111 Å². The van der Waals surface area contributed by atoms with Gasteiger partial charge in [-0.15, -0.1) is 22.7 Å². The van der Waals surface area contributed by atoms with E-state index in [2.05, 4.69) is 156 Å². The third kappa shape index (κ3) is 4.06. The van der Waals surface area contributed by atoms with Gasteiger partial charge in [0.15, 0.2) is 0 Å². The number of nitrogens with zero attached hydrogens (tertiary/aromatic N) is 4. The van der Waals surface area contributed by atoms with Crippen molar-refractivity contribution in [3.05, 3.63) is 166 Å². The molecule has 4 aromatic heterocycles. The highest BCUT2D eigenvalue weighted by Crippen LogP contribution is 2.65. The summed E-state index contributed by atoms with van der Waals surface area (Å²) in [5, 5.41) is 9.46. The van der Waals surface area contributed by atoms with Crippen LogP contribution in [0, 0.1) is 11.8 Å². The molecule has 0 saturated heterocycles. The van der Waals surface area contributed by atoms with Gasteiger partial charge in [-0.3, -0.25) is 0 Å². The van der Waals surface area contributed by atoms with Gasteiger partial charge in [0.05, 0.1) is 31.8 Å². The Morgan fingerprint density at radius 3 is 1.50 bits per heavy atom. The maximum absolute atomic E-state index is 5.47. The molecule has 0 N–H and O–H groups in total. The van der Waals surface area contributed by atoms with Gasteiger partial charge in [0.2, 0.25) is 0 Å². The first-order valence-corrected chi connectivity index (χ1v) is 22.6. The van der Waals surface area contributed by atoms with Crippen molar-refractivity contribution in [2.45, 2.75) is 23.7 Å². The van der Waals surface area contributed by atoms with E-state index in [1.807, 2.05) is 0 Å². The average molecular weight is 801 g/mol. The van der Waals surface area contributed by atoms with Crippen LogP contribution < -0.4 is 0 Å². The first-order chi connectivity index (χ1) is 29.7. The molecular weight excluding hydrogens is 769 g/mol. The molecule has 2 fully saturated rings. The minimum absolute atomic E-state index is 0.146. The fourth-order valence-electron chi connectivity index (χ4n) is 11.4. The highest BCUT2D eigenvalue weighted by Gasteiger charge is 2.57. The Labute approximate surface area is 352 Å². The summed E-state index contributed by atoms with van der Waals surface area (Å²) in [4.78, 5) is 23.3. The zero-order valence-electron chi connectivity index (χ0n) is 32.2. The van der Waals surface area contributed by atoms with Crippen LogP contribution in [-0.2, 0) is 10.8 Å². The molecule has 6 aliphatic carbocycles. The predicted octanol–water partition coefficient (Wildman–Crippen LogP) is 14.0. The second kappa shape index (κ2) is 11.2. The standard InChI is InChI=1S/C33H20N2S.C21H12N2S/c1-3-8-20(9-4-1)31-29-30(32(36-31)21-10-5-2-6-11-21)35-28-24-15-14-22-18-33(22)17-16-19-12-7-13-23(27(28)34-29)25(19)26(24)33;1-2-11-6-7-21-8-12(21)4-5-14-18(21)17(11)13(3-1)19-20(14)23-16-10-24-9-15(16)22-19/h1-17,22H,18H2;1-7,9-10,12H,8H2. The second-order valence-electron chi connectivity index (χ2n) is 17.4. The Morgan fingerprint density at radius 1 is 0.467 bits per heavy atom. The number of allylic oxidation sites excluding steroid dienone is 4. The van der Waals surface area contributed by atoms with Gasteiger partial charge in [-0.1, -0.05) is 146 Å². The number of hydrogen-bond acceptors (Lipinski definition) is 6. The molecule has 16 rings (SSSR count). The molecule has 4 unspecified atom stereocenters. The first-order valence-electron chi connectivity index (χ1n) is 20.9. The van der Waals surface area contributed by atoms with Crippen molar-refractivity contribution in [2.24, 2.45) is 11.8 Å². The fourth-order valence-corrected chi connectivity index (χ4v) is 13.2. The van der Waals surface area contributed by atoms with Crippen LogP contribution in [0.4, 0.5) is 0 Å². The SMILES string of the molecule is C1=CC2CC23C=Cc2cccc4c2c3c1c1nc2c(-c3ccccc3)sc(-c3ccccc3)c2nc14.C1=CC2CC23C=Cc2cccc4c2c3c1c1nc2cscc2nc14. The summed E-state index contributed by atoms with van der Waals surface area (Å²) in [5.41, 5.74) is 19.1. The quantitative estimate of drug-likeness (QED) is 0.163. The molecule has 0 aliphatic heterocycles. The van der Waals surface area contributed by atoms with Crippen LogP contribution in [0.5, 0.6) is 0 Å². The Bertz CT molecular complexity index is 3740. The van der Waals surface area contributed by atoms with Gasteiger partial charge in [0.1, 0.15) is 22.1 Å². The fraction of sp³-hybridized carbons (Fsp3) is 0.111. The maximum atomic E-state index is 5.47. The summed E-state index contributed by atoms with van der Waals surface area (Å²) in [5.74, 6) is 1.27. The van der Waals surface area contributed by atoms with Gasteiger partial charge < -0.3 is 0 Å². The van der Waals surface area contributed by atoms with Crippen LogP contribution in [0.15, 0.2) is 132 Å². The Morgan fingerprint density at radius 2 is 0.950 bits per heavy atom. The number of hydrogen-bond donors (Lipinski definition) is 0. The van der Waals surface area contributed by atoms with E-state index in [4.69, 9.17) is 19.9 Å². The molecule has 4 nitrogen and oxygen atoms in total. The van der Waals surface area contributed by atoms with Gasteiger partial charge in [-0.05, 0) is 68.8 Å². The molecule has 4 heterocycles. The highest BCUT2D eigenvalue weighted by molar-refractivity contribution is 7.20. The molecule has 60 heavy (non-hydrogen) atoms. The van der Waals surface area contributed by atoms with Crippen molar-refractivity contribution >= 4 is 113 Å². The monoisotopic (exact) mass is 800 g/mol. The maximum Gasteiger partial charge on any atom is 0.109 e. The topological polar surface area (TPSA) is 51.6 Å². The van der Waals surface area contributed by atoms with Crippen LogP contribution in [-0.4, -0.2) is 19.9 Å². The summed E-state index contributed by atoms with van der Waals surface area (Å²) < 4.78 is 0. The average Bonchev–Trinajstić information content (AvgIpc) is 4.10. The molecule has 10 aromatic rings. The van der Waals surface area contributed by atoms with Crippen molar-refractivity contribution < 1.29 is 0 Å². The van der Waals surface area contributed by atoms with Gasteiger partial charge in [-0.25, -0.2) is 19.9 Å². The van der Waals surface area contributed by atoms with Gasteiger partial charge in [-0.2, -0.15) is 0 Å². The largest absolute Gasteiger partial charge is 0.243 e. The zero-order chi connectivity index (χ0) is 38.9. The van der Waals surface area contributed by atoms with E-state index in [1.165, 1.54) is 88.6 Å². The smallest absolute Gasteiger partial charge is 0.109 e. The van der Waals surface area contributed by atoms with Gasteiger partial charge >= 0.3 is 0 Å². The molecule has 6 heteroatoms. The molecule has 6 aromatic carbocycles. The lowest BCUT2D eigenvalue weighted by Crippen LogP contribution is -2.16. The van der Waals surface area contributed by atoms with Crippen molar-refractivity contribution in [3.63, 3.8) is 0 Å². The normalized spacial score (nSPS) is 22.7. The summed E-state index contributed by atoms with van der Waals surface area (Å²) in [7, 11) is 0. The van der Waals surface area contributed by atoms with Crippen molar-refractivity contribution in [1.82, 2.24) is 19.9 Å². The summed E-state index contributed by atoms with van der Waals surface area (Å²) >= 11 is 3.47. The summed E-state index contributed by atoms with van der Waals surface area (Å²) in [6.07, 6.45) is 21.4. The number of thiophene rings is 2. The number of benzene rings is 6. The zero-order valence-corrected chi connectivity index (χ0v) is 33.8. The molecule has 280 valence electrons. The molecule has 2 saturated carbocycles. The minimum Gasteiger partial charge on any atom is -0.243 e. The van der Waals surface area contributed by atoms with Crippen molar-refractivity contribution in [3.8, 4) is 20.9 Å². The highest BCUT2D eigenvalue weighted by atomic mass is 32.1. The van der Waals surface area contributed by atoms with E-state index in [-0.39, 0.29) is 10.8 Å². The van der Waals surface area contributed by atoms with Crippen LogP contribution in [0.2, 0.25) is 0 Å². The second-order valence-corrected chi connectivity index (χ2v) is 19.1. The molecule has 4 atom stereocenters. The number of aromatic nitrogens is 4. The number of fused-ring (bicyclic) bond motifs is 8. The third-order valence-corrected chi connectivity index (χ3v) is 16.3. The Hall–Kier alpha value is -6.60. The van der Waals surface area contributed by atoms with E-state index in [1.54, 1.807) is 22.7 Å². The molecule has 0 amide bonds. The summed E-state index contributed by atoms with van der Waals surface area (Å²) in [6, 6.07) is 34.5. The molecule has 0 radical (unpaired) electrons. The molecule has 6 aliphatic rings. The van der Waals surface area contributed by atoms with E-state index in [0.717, 1.165) is 44.1 Å². The van der Waals surface area contributed by atoms with Crippen LogP contribution in [0.1, 0.15) is 46.2 Å². The molecular formula is C54H32N4S2. The lowest BCUT2D eigenvalue weighted by atomic mass is 9.76. The van der Waals surface area contributed by atoms with Gasteiger partial charge in [0, 0.05) is 43.5 Å². The third-order valence-electron chi connectivity index (χ3n) is 14.3. The van der Waals surface area contributed by atoms with Crippen LogP contribution in [0.3, 0.4) is 0 Å². The minimum atomic E-state index is 0.146. The summed E-state index contributed by atoms with van der Waals surface area (Å²) in [6.45, 7) is 0. The van der Waals surface area contributed by atoms with Crippen LogP contribution >= 0.6 is 22.7 Å². The molecule has 0 bridgehead atoms. The Balaban J connectivity index is 0.000000123. The van der Waals surface area contributed by atoms with Gasteiger partial charge in [0.25, 0.3) is 0 Å².